The van der Waals surface area contributed by atoms with Crippen molar-refractivity contribution in [1.29, 1.82) is 0 Å². The fourth-order valence-electron chi connectivity index (χ4n) is 3.43. The average molecular weight is 589 g/mol. The van der Waals surface area contributed by atoms with Gasteiger partial charge >= 0.3 is 0 Å². The Hall–Kier alpha value is -2.96. The number of carbonyl (C=O) groups is 2. The van der Waals surface area contributed by atoms with Gasteiger partial charge in [0.15, 0.2) is 0 Å². The Labute approximate surface area is 225 Å². The van der Waals surface area contributed by atoms with Crippen LogP contribution in [0.15, 0.2) is 52.3 Å². The monoisotopic (exact) mass is 588 g/mol. The maximum atomic E-state index is 13.0. The zero-order valence-electron chi connectivity index (χ0n) is 21.0. The van der Waals surface area contributed by atoms with Gasteiger partial charge < -0.3 is 31.1 Å². The maximum Gasteiger partial charge on any atom is 0.240 e. The quantitative estimate of drug-likeness (QED) is 0.124. The second-order valence-electron chi connectivity index (χ2n) is 9.35. The van der Waals surface area contributed by atoms with E-state index in [2.05, 4.69) is 10.6 Å². The third kappa shape index (κ3) is 7.80. The van der Waals surface area contributed by atoms with Crippen LogP contribution in [0.1, 0.15) is 18.1 Å². The summed E-state index contributed by atoms with van der Waals surface area (Å²) in [6.45, 7) is -1.93. The van der Waals surface area contributed by atoms with Crippen molar-refractivity contribution < 1.29 is 46.9 Å². The van der Waals surface area contributed by atoms with Gasteiger partial charge in [0.25, 0.3) is 0 Å². The molecule has 2 rings (SSSR count). The van der Waals surface area contributed by atoms with E-state index in [1.807, 2.05) is 0 Å². The number of aliphatic hydroxyl groups excluding tert-OH is 4. The number of nitrogens with two attached hydrogens (primary N) is 2. The van der Waals surface area contributed by atoms with Crippen LogP contribution in [0.5, 0.6) is 0 Å². The molecule has 0 saturated carbocycles. The number of primary sulfonamides is 2. The summed E-state index contributed by atoms with van der Waals surface area (Å²) in [6, 6.07) is 8.94. The predicted molar refractivity (Wildman–Crippen MR) is 139 cm³/mol. The summed E-state index contributed by atoms with van der Waals surface area (Å²) >= 11 is 0. The first-order valence-electron chi connectivity index (χ1n) is 11.4. The van der Waals surface area contributed by atoms with Crippen LogP contribution in [-0.2, 0) is 42.6 Å². The van der Waals surface area contributed by atoms with Gasteiger partial charge in [-0.05, 0) is 48.7 Å². The summed E-state index contributed by atoms with van der Waals surface area (Å²) in [5.41, 5.74) is -3.00. The molecule has 0 fully saturated rings. The van der Waals surface area contributed by atoms with Crippen molar-refractivity contribution in [2.24, 2.45) is 21.1 Å². The van der Waals surface area contributed by atoms with E-state index in [1.54, 1.807) is 0 Å². The minimum Gasteiger partial charge on any atom is -0.395 e. The fraction of sp³-hybridized carbons (Fsp3) is 0.391. The molecular formula is C23H32N4O10S2. The van der Waals surface area contributed by atoms with Gasteiger partial charge in [-0.25, -0.2) is 27.1 Å². The van der Waals surface area contributed by atoms with Crippen molar-refractivity contribution in [1.82, 2.24) is 5.32 Å². The molecule has 16 heteroatoms. The fourth-order valence-corrected chi connectivity index (χ4v) is 4.68. The van der Waals surface area contributed by atoms with Gasteiger partial charge in [-0.2, -0.15) is 0 Å². The molecule has 0 bridgehead atoms. The van der Waals surface area contributed by atoms with Crippen LogP contribution in [0, 0.1) is 10.8 Å². The highest BCUT2D eigenvalue weighted by Gasteiger charge is 2.38. The molecule has 216 valence electrons. The van der Waals surface area contributed by atoms with Crippen LogP contribution in [0.3, 0.4) is 0 Å². The Morgan fingerprint density at radius 2 is 1.33 bits per heavy atom. The topological polar surface area (TPSA) is 259 Å². The first kappa shape index (κ1) is 32.3. The van der Waals surface area contributed by atoms with Crippen molar-refractivity contribution in [3.05, 3.63) is 53.6 Å². The van der Waals surface area contributed by atoms with E-state index in [4.69, 9.17) is 10.3 Å². The lowest BCUT2D eigenvalue weighted by Crippen LogP contribution is -2.47. The minimum absolute atomic E-state index is 0.0899. The number of hydrogen-bond donors (Lipinski definition) is 8. The van der Waals surface area contributed by atoms with Crippen LogP contribution < -0.4 is 20.9 Å². The number of aliphatic hydroxyl groups is 4. The van der Waals surface area contributed by atoms with Crippen LogP contribution in [-0.4, -0.2) is 75.5 Å². The zero-order chi connectivity index (χ0) is 29.6. The van der Waals surface area contributed by atoms with E-state index in [0.29, 0.717) is 5.56 Å². The highest BCUT2D eigenvalue weighted by molar-refractivity contribution is 7.89. The number of rotatable bonds is 13. The molecule has 0 atom stereocenters. The van der Waals surface area contributed by atoms with Gasteiger partial charge in [0.1, 0.15) is 4.90 Å². The number of anilines is 1. The van der Waals surface area contributed by atoms with Crippen molar-refractivity contribution >= 4 is 37.5 Å². The van der Waals surface area contributed by atoms with Gasteiger partial charge in [0.2, 0.25) is 31.9 Å². The molecule has 0 unspecified atom stereocenters. The van der Waals surface area contributed by atoms with Gasteiger partial charge in [-0.1, -0.05) is 18.2 Å². The second kappa shape index (κ2) is 12.5. The highest BCUT2D eigenvalue weighted by atomic mass is 32.2. The predicted octanol–water partition coefficient (Wildman–Crippen LogP) is -2.26. The zero-order valence-corrected chi connectivity index (χ0v) is 22.6. The van der Waals surface area contributed by atoms with E-state index in [9.17, 15) is 46.9 Å². The Bertz CT molecular complexity index is 1400. The molecule has 0 radical (unpaired) electrons. The number of benzene rings is 2. The lowest BCUT2D eigenvalue weighted by molar-refractivity contribution is -0.136. The number of carbonyl (C=O) groups excluding carboxylic acids is 2. The molecule has 0 spiro atoms. The molecular weight excluding hydrogens is 556 g/mol. The molecule has 14 nitrogen and oxygen atoms in total. The molecule has 10 N–H and O–H groups in total. The number of nitrogens with one attached hydrogen (secondary N) is 2. The van der Waals surface area contributed by atoms with E-state index in [1.165, 1.54) is 43.3 Å². The summed E-state index contributed by atoms with van der Waals surface area (Å²) in [6.07, 6.45) is -0.335. The average Bonchev–Trinajstić information content (AvgIpc) is 2.89. The van der Waals surface area contributed by atoms with Crippen LogP contribution >= 0.6 is 0 Å². The molecule has 39 heavy (non-hydrogen) atoms. The number of amides is 2. The van der Waals surface area contributed by atoms with Gasteiger partial charge in [0.05, 0.1) is 47.8 Å². The van der Waals surface area contributed by atoms with Gasteiger partial charge in [-0.15, -0.1) is 0 Å². The SMILES string of the molecule is CC(CO)(CO)C(=O)Nc1ccc(CC(CO)(CO)C(=O)NCc2ccc(S(N)(=O)=O)cc2)cc1S(N)(=O)=O. The van der Waals surface area contributed by atoms with E-state index in [-0.39, 0.29) is 29.1 Å². The molecule has 0 aromatic heterocycles. The summed E-state index contributed by atoms with van der Waals surface area (Å²) in [5, 5.41) is 54.1. The molecule has 2 aromatic carbocycles. The van der Waals surface area contributed by atoms with E-state index in [0.717, 1.165) is 6.07 Å². The normalized spacial score (nSPS) is 12.7. The molecule has 0 aliphatic rings. The number of hydrogen-bond acceptors (Lipinski definition) is 10. The molecule has 0 heterocycles. The first-order chi connectivity index (χ1) is 18.0. The van der Waals surface area contributed by atoms with Gasteiger partial charge in [0, 0.05) is 6.54 Å². The third-order valence-corrected chi connectivity index (χ3v) is 8.06. The first-order valence-corrected chi connectivity index (χ1v) is 14.4. The molecule has 2 aromatic rings. The summed E-state index contributed by atoms with van der Waals surface area (Å²) < 4.78 is 47.3. The minimum atomic E-state index is -4.43. The highest BCUT2D eigenvalue weighted by Crippen LogP contribution is 2.29. The van der Waals surface area contributed by atoms with Crippen LogP contribution in [0.25, 0.3) is 0 Å². The van der Waals surface area contributed by atoms with Crippen molar-refractivity contribution in [3.8, 4) is 0 Å². The third-order valence-electron chi connectivity index (χ3n) is 6.18. The molecule has 2 amide bonds. The van der Waals surface area contributed by atoms with Crippen molar-refractivity contribution in [3.63, 3.8) is 0 Å². The molecule has 0 saturated heterocycles. The largest absolute Gasteiger partial charge is 0.395 e. The Kier molecular flexibility index (Phi) is 10.3. The van der Waals surface area contributed by atoms with Crippen LogP contribution in [0.4, 0.5) is 5.69 Å². The molecule has 0 aliphatic heterocycles. The van der Waals surface area contributed by atoms with E-state index >= 15 is 0 Å². The maximum absolute atomic E-state index is 13.0. The Morgan fingerprint density at radius 3 is 1.79 bits per heavy atom. The second-order valence-corrected chi connectivity index (χ2v) is 12.4. The Morgan fingerprint density at radius 1 is 0.795 bits per heavy atom. The standard InChI is InChI=1S/C23H32N4O10S2/c1-22(11-28,12-29)20(32)27-18-7-4-16(8-19(18)39(25,36)37)9-23(13-30,14-31)21(33)26-10-15-2-5-17(6-3-15)38(24,34)35/h2-8,28-31H,9-14H2,1H3,(H,26,33)(H,27,32)(H2,24,34,35)(H2,25,36,37). The Balaban J connectivity index is 2.31. The lowest BCUT2D eigenvalue weighted by Gasteiger charge is -2.29. The van der Waals surface area contributed by atoms with Crippen LogP contribution in [0.2, 0.25) is 0 Å². The van der Waals surface area contributed by atoms with Gasteiger partial charge in [-0.3, -0.25) is 9.59 Å². The smallest absolute Gasteiger partial charge is 0.240 e. The summed E-state index contributed by atoms with van der Waals surface area (Å²) in [4.78, 5) is 24.9. The van der Waals surface area contributed by atoms with Crippen molar-refractivity contribution in [2.75, 3.05) is 31.7 Å². The molecule has 0 aliphatic carbocycles. The summed E-state index contributed by atoms with van der Waals surface area (Å²) in [5.74, 6) is -1.65. The summed E-state index contributed by atoms with van der Waals surface area (Å²) in [7, 11) is -8.33. The lowest BCUT2D eigenvalue weighted by atomic mass is 9.82. The number of sulfonamides is 2. The van der Waals surface area contributed by atoms with E-state index < -0.39 is 74.0 Å². The van der Waals surface area contributed by atoms with Crippen molar-refractivity contribution in [2.45, 2.75) is 29.7 Å².